The van der Waals surface area contributed by atoms with E-state index in [4.69, 9.17) is 5.11 Å². The quantitative estimate of drug-likeness (QED) is 0.299. The molecule has 0 radical (unpaired) electrons. The predicted octanol–water partition coefficient (Wildman–Crippen LogP) is 4.20. The van der Waals surface area contributed by atoms with Crippen LogP contribution in [-0.2, 0) is 16.0 Å². The van der Waals surface area contributed by atoms with Crippen LogP contribution in [0.5, 0.6) is 0 Å². The van der Waals surface area contributed by atoms with Gasteiger partial charge in [-0.05, 0) is 30.7 Å². The SMILES string of the molecule is C[C@@H](CC#CCc1ccccc1)[C@H](O)C=CC1CCC(=O)N1CCCCCCC(=O)O. The highest BCUT2D eigenvalue weighted by atomic mass is 16.4. The summed E-state index contributed by atoms with van der Waals surface area (Å²) < 4.78 is 0. The second-order valence-corrected chi connectivity index (χ2v) is 8.32. The molecule has 1 heterocycles. The van der Waals surface area contributed by atoms with E-state index in [9.17, 15) is 14.7 Å². The number of carbonyl (C=O) groups excluding carboxylic acids is 1. The number of aliphatic hydroxyl groups excluding tert-OH is 1. The van der Waals surface area contributed by atoms with Crippen LogP contribution in [0.2, 0.25) is 0 Å². The van der Waals surface area contributed by atoms with Crippen molar-refractivity contribution in [2.45, 2.75) is 76.9 Å². The smallest absolute Gasteiger partial charge is 0.303 e. The highest BCUT2D eigenvalue weighted by Crippen LogP contribution is 2.22. The van der Waals surface area contributed by atoms with Crippen LogP contribution in [-0.4, -0.2) is 45.7 Å². The van der Waals surface area contributed by atoms with Crippen molar-refractivity contribution >= 4 is 11.9 Å². The van der Waals surface area contributed by atoms with Crippen molar-refractivity contribution in [3.8, 4) is 11.8 Å². The monoisotopic (exact) mass is 425 g/mol. The Hall–Kier alpha value is -2.58. The molecule has 1 aliphatic heterocycles. The minimum Gasteiger partial charge on any atom is -0.481 e. The summed E-state index contributed by atoms with van der Waals surface area (Å²) in [5.74, 6) is 5.77. The maximum atomic E-state index is 12.2. The van der Waals surface area contributed by atoms with E-state index in [1.165, 1.54) is 5.56 Å². The van der Waals surface area contributed by atoms with E-state index < -0.39 is 12.1 Å². The average Bonchev–Trinajstić information content (AvgIpc) is 3.11. The lowest BCUT2D eigenvalue weighted by molar-refractivity contribution is -0.137. The Morgan fingerprint density at radius 3 is 2.68 bits per heavy atom. The fourth-order valence-electron chi connectivity index (χ4n) is 3.70. The fourth-order valence-corrected chi connectivity index (χ4v) is 3.70. The summed E-state index contributed by atoms with van der Waals surface area (Å²) in [4.78, 5) is 24.6. The van der Waals surface area contributed by atoms with Crippen LogP contribution in [0.3, 0.4) is 0 Å². The predicted molar refractivity (Wildman–Crippen MR) is 122 cm³/mol. The lowest BCUT2D eigenvalue weighted by Gasteiger charge is -2.23. The minimum absolute atomic E-state index is 0.0271. The lowest BCUT2D eigenvalue weighted by Crippen LogP contribution is -2.33. The summed E-state index contributed by atoms with van der Waals surface area (Å²) in [6.07, 6.45) is 9.44. The number of aliphatic hydroxyl groups is 1. The summed E-state index contributed by atoms with van der Waals surface area (Å²) in [5.41, 5.74) is 1.19. The molecule has 2 rings (SSSR count). The molecule has 2 N–H and O–H groups in total. The van der Waals surface area contributed by atoms with Gasteiger partial charge in [-0.15, -0.1) is 5.92 Å². The van der Waals surface area contributed by atoms with Gasteiger partial charge in [0.15, 0.2) is 0 Å². The number of carboxylic acid groups (broad SMARTS) is 1. The third kappa shape index (κ3) is 9.40. The first-order valence-corrected chi connectivity index (χ1v) is 11.3. The Morgan fingerprint density at radius 1 is 1.19 bits per heavy atom. The van der Waals surface area contributed by atoms with Crippen molar-refractivity contribution in [2.75, 3.05) is 6.54 Å². The van der Waals surface area contributed by atoms with Crippen LogP contribution in [0, 0.1) is 17.8 Å². The molecule has 1 aromatic rings. The molecule has 1 aromatic carbocycles. The standard InChI is InChI=1S/C26H35NO4/c1-21(11-8-9-14-22-12-5-4-6-13-22)24(28)18-16-23-17-19-25(29)27(23)20-10-3-2-7-15-26(30)31/h4-6,12-13,16,18,21,23-24,28H,2-3,7,10-11,14-15,17,19-20H2,1H3,(H,30,31)/t21-,23?,24+/m0/s1. The van der Waals surface area contributed by atoms with Gasteiger partial charge in [-0.1, -0.05) is 68.2 Å². The molecule has 1 amide bonds. The highest BCUT2D eigenvalue weighted by molar-refractivity contribution is 5.79. The van der Waals surface area contributed by atoms with E-state index in [1.54, 1.807) is 0 Å². The van der Waals surface area contributed by atoms with Gasteiger partial charge in [0.25, 0.3) is 0 Å². The number of hydrogen-bond donors (Lipinski definition) is 2. The molecule has 1 fully saturated rings. The number of aliphatic carboxylic acids is 1. The van der Waals surface area contributed by atoms with Gasteiger partial charge in [0.05, 0.1) is 12.1 Å². The molecular formula is C26H35NO4. The zero-order valence-corrected chi connectivity index (χ0v) is 18.5. The molecule has 0 spiro atoms. The number of likely N-dealkylation sites (tertiary alicyclic amines) is 1. The van der Waals surface area contributed by atoms with Crippen molar-refractivity contribution in [2.24, 2.45) is 5.92 Å². The minimum atomic E-state index is -0.755. The number of benzene rings is 1. The van der Waals surface area contributed by atoms with E-state index in [2.05, 4.69) is 24.0 Å². The van der Waals surface area contributed by atoms with Gasteiger partial charge in [0.2, 0.25) is 5.91 Å². The number of carboxylic acids is 1. The molecule has 0 bridgehead atoms. The summed E-state index contributed by atoms with van der Waals surface area (Å²) in [7, 11) is 0. The number of carbonyl (C=O) groups is 2. The Kier molecular flexibility index (Phi) is 10.9. The molecule has 0 aromatic heterocycles. The molecule has 31 heavy (non-hydrogen) atoms. The molecule has 1 saturated heterocycles. The van der Waals surface area contributed by atoms with Gasteiger partial charge in [0.1, 0.15) is 0 Å². The van der Waals surface area contributed by atoms with Crippen LogP contribution in [0.15, 0.2) is 42.5 Å². The Labute approximate surface area is 186 Å². The molecule has 0 aliphatic carbocycles. The van der Waals surface area contributed by atoms with Gasteiger partial charge >= 0.3 is 5.97 Å². The van der Waals surface area contributed by atoms with Crippen LogP contribution in [0.1, 0.15) is 63.9 Å². The van der Waals surface area contributed by atoms with Crippen molar-refractivity contribution in [1.82, 2.24) is 4.90 Å². The number of nitrogens with zero attached hydrogens (tertiary/aromatic N) is 1. The van der Waals surface area contributed by atoms with Crippen molar-refractivity contribution in [3.63, 3.8) is 0 Å². The molecule has 3 atom stereocenters. The molecule has 0 saturated carbocycles. The zero-order valence-electron chi connectivity index (χ0n) is 18.5. The van der Waals surface area contributed by atoms with Crippen LogP contribution in [0.4, 0.5) is 0 Å². The van der Waals surface area contributed by atoms with Crippen LogP contribution < -0.4 is 0 Å². The van der Waals surface area contributed by atoms with E-state index in [-0.39, 0.29) is 24.3 Å². The van der Waals surface area contributed by atoms with Crippen molar-refractivity contribution < 1.29 is 19.8 Å². The summed E-state index contributed by atoms with van der Waals surface area (Å²) >= 11 is 0. The van der Waals surface area contributed by atoms with Crippen LogP contribution >= 0.6 is 0 Å². The molecular weight excluding hydrogens is 390 g/mol. The second-order valence-electron chi connectivity index (χ2n) is 8.32. The van der Waals surface area contributed by atoms with Crippen molar-refractivity contribution in [3.05, 3.63) is 48.0 Å². The normalized spacial score (nSPS) is 18.1. The molecule has 5 nitrogen and oxygen atoms in total. The van der Waals surface area contributed by atoms with E-state index in [1.807, 2.05) is 42.2 Å². The first-order valence-electron chi connectivity index (χ1n) is 11.3. The molecule has 5 heteroatoms. The van der Waals surface area contributed by atoms with Crippen LogP contribution in [0.25, 0.3) is 0 Å². The summed E-state index contributed by atoms with van der Waals surface area (Å²) in [6, 6.07) is 10.1. The summed E-state index contributed by atoms with van der Waals surface area (Å²) in [5, 5.41) is 19.1. The Balaban J connectivity index is 1.73. The first kappa shape index (κ1) is 24.7. The van der Waals surface area contributed by atoms with Gasteiger partial charge in [-0.3, -0.25) is 9.59 Å². The summed E-state index contributed by atoms with van der Waals surface area (Å²) in [6.45, 7) is 2.68. The number of rotatable bonds is 12. The average molecular weight is 426 g/mol. The van der Waals surface area contributed by atoms with Gasteiger partial charge in [0, 0.05) is 32.2 Å². The lowest BCUT2D eigenvalue weighted by atomic mass is 9.99. The van der Waals surface area contributed by atoms with Gasteiger partial charge in [-0.2, -0.15) is 0 Å². The zero-order chi connectivity index (χ0) is 22.5. The Bertz CT molecular complexity index is 778. The van der Waals surface area contributed by atoms with E-state index in [0.717, 1.165) is 32.1 Å². The third-order valence-corrected chi connectivity index (χ3v) is 5.71. The Morgan fingerprint density at radius 2 is 1.94 bits per heavy atom. The number of amides is 1. The second kappa shape index (κ2) is 13.7. The maximum absolute atomic E-state index is 12.2. The van der Waals surface area contributed by atoms with Gasteiger partial charge < -0.3 is 15.1 Å². The third-order valence-electron chi connectivity index (χ3n) is 5.71. The molecule has 1 aliphatic rings. The number of unbranched alkanes of at least 4 members (excludes halogenated alkanes) is 3. The topological polar surface area (TPSA) is 77.8 Å². The first-order chi connectivity index (χ1) is 15.0. The van der Waals surface area contributed by atoms with E-state index in [0.29, 0.717) is 25.8 Å². The van der Waals surface area contributed by atoms with Gasteiger partial charge in [-0.25, -0.2) is 0 Å². The molecule has 168 valence electrons. The van der Waals surface area contributed by atoms with E-state index >= 15 is 0 Å². The maximum Gasteiger partial charge on any atom is 0.303 e. The fraction of sp³-hybridized carbons (Fsp3) is 0.538. The molecule has 1 unspecified atom stereocenters. The highest BCUT2D eigenvalue weighted by Gasteiger charge is 2.28. The largest absolute Gasteiger partial charge is 0.481 e. The number of hydrogen-bond acceptors (Lipinski definition) is 3. The van der Waals surface area contributed by atoms with Crippen molar-refractivity contribution in [1.29, 1.82) is 0 Å².